The van der Waals surface area contributed by atoms with Crippen LogP contribution in [0, 0.1) is 17.7 Å². The van der Waals surface area contributed by atoms with Gasteiger partial charge in [0.1, 0.15) is 17.0 Å². The molecule has 1 fully saturated rings. The Morgan fingerprint density at radius 1 is 1.12 bits per heavy atom. The molecule has 170 valence electrons. The first kappa shape index (κ1) is 22.0. The lowest BCUT2D eigenvalue weighted by atomic mass is 9.57. The summed E-state index contributed by atoms with van der Waals surface area (Å²) in [5, 5.41) is 7.08. The second-order valence-corrected chi connectivity index (χ2v) is 9.50. The molecule has 8 heteroatoms. The van der Waals surface area contributed by atoms with Gasteiger partial charge in [-0.2, -0.15) is 0 Å². The van der Waals surface area contributed by atoms with Crippen molar-refractivity contribution in [2.24, 2.45) is 11.8 Å². The molecule has 0 aromatic heterocycles. The summed E-state index contributed by atoms with van der Waals surface area (Å²) < 4.78 is 20.0. The van der Waals surface area contributed by atoms with Crippen molar-refractivity contribution >= 4 is 40.7 Å². The molecule has 33 heavy (non-hydrogen) atoms. The van der Waals surface area contributed by atoms with Gasteiger partial charge in [0, 0.05) is 27.7 Å². The number of fused-ring (bicyclic) bond motifs is 2. The molecular weight excluding hydrogens is 466 g/mol. The molecule has 4 atom stereocenters. The number of carbonyl (C=O) groups excluding carboxylic acids is 2. The summed E-state index contributed by atoms with van der Waals surface area (Å²) >= 11 is 12.6. The summed E-state index contributed by atoms with van der Waals surface area (Å²) in [7, 11) is 1.47. The number of amides is 2. The van der Waals surface area contributed by atoms with Gasteiger partial charge in [-0.15, -0.1) is 0 Å². The van der Waals surface area contributed by atoms with Gasteiger partial charge in [0.15, 0.2) is 0 Å². The molecule has 2 N–H and O–H groups in total. The first-order valence-electron chi connectivity index (χ1n) is 10.6. The Morgan fingerprint density at radius 2 is 1.94 bits per heavy atom. The molecule has 1 unspecified atom stereocenters. The van der Waals surface area contributed by atoms with Crippen LogP contribution in [0.15, 0.2) is 59.7 Å². The van der Waals surface area contributed by atoms with E-state index in [0.717, 1.165) is 0 Å². The lowest BCUT2D eigenvalue weighted by Gasteiger charge is -2.49. The summed E-state index contributed by atoms with van der Waals surface area (Å²) in [6.45, 7) is 0. The molecule has 0 radical (unpaired) electrons. The molecule has 5 rings (SSSR count). The second kappa shape index (κ2) is 8.19. The Kier molecular flexibility index (Phi) is 5.46. The summed E-state index contributed by atoms with van der Waals surface area (Å²) in [5.74, 6) is -1.23. The van der Waals surface area contributed by atoms with Gasteiger partial charge >= 0.3 is 0 Å². The standard InChI is InChI=1S/C25H21Cl2FN2O3/c1-33-21-8-6-16(28)11-17(21)23-25(18-7-5-15(27)10-20(18)29-24(25)32)19(12-22(31)30-23)13-3-2-4-14(26)9-13/h2-8,10-11,13,19,23H,9,12H2,1H3,(H,29,32)(H,30,31)/t13?,19-,23-,25-/m0/s1. The minimum absolute atomic E-state index is 0.114. The monoisotopic (exact) mass is 486 g/mol. The number of hydrogen-bond acceptors (Lipinski definition) is 3. The summed E-state index contributed by atoms with van der Waals surface area (Å²) in [6.07, 6.45) is 6.26. The average Bonchev–Trinajstić information content (AvgIpc) is 3.06. The van der Waals surface area contributed by atoms with Crippen LogP contribution in [0.1, 0.15) is 30.0 Å². The van der Waals surface area contributed by atoms with Crippen molar-refractivity contribution in [3.8, 4) is 5.75 Å². The van der Waals surface area contributed by atoms with Crippen LogP contribution in [0.5, 0.6) is 5.75 Å². The van der Waals surface area contributed by atoms with Crippen molar-refractivity contribution in [2.45, 2.75) is 24.3 Å². The zero-order valence-electron chi connectivity index (χ0n) is 17.7. The third-order valence-electron chi connectivity index (χ3n) is 6.89. The average molecular weight is 487 g/mol. The number of piperidine rings is 1. The van der Waals surface area contributed by atoms with Crippen LogP contribution in [0.3, 0.4) is 0 Å². The Labute approximate surface area is 200 Å². The zero-order valence-corrected chi connectivity index (χ0v) is 19.2. The first-order chi connectivity index (χ1) is 15.8. The largest absolute Gasteiger partial charge is 0.496 e. The van der Waals surface area contributed by atoms with E-state index >= 15 is 0 Å². The topological polar surface area (TPSA) is 67.4 Å². The van der Waals surface area contributed by atoms with Gasteiger partial charge < -0.3 is 15.4 Å². The minimum atomic E-state index is -1.22. The molecule has 1 saturated heterocycles. The van der Waals surface area contributed by atoms with E-state index < -0.39 is 23.2 Å². The van der Waals surface area contributed by atoms with E-state index in [2.05, 4.69) is 10.6 Å². The van der Waals surface area contributed by atoms with Gasteiger partial charge in [0.25, 0.3) is 0 Å². The maximum atomic E-state index is 14.4. The second-order valence-electron chi connectivity index (χ2n) is 8.58. The van der Waals surface area contributed by atoms with Crippen LogP contribution in [0.4, 0.5) is 10.1 Å². The molecule has 2 aliphatic heterocycles. The smallest absolute Gasteiger partial charge is 0.237 e. The van der Waals surface area contributed by atoms with E-state index in [4.69, 9.17) is 27.9 Å². The Morgan fingerprint density at radius 3 is 2.70 bits per heavy atom. The van der Waals surface area contributed by atoms with Crippen LogP contribution in [0.2, 0.25) is 5.02 Å². The molecule has 1 spiro atoms. The number of rotatable bonds is 3. The van der Waals surface area contributed by atoms with Crippen molar-refractivity contribution in [3.05, 3.63) is 81.6 Å². The quantitative estimate of drug-likeness (QED) is 0.622. The Balaban J connectivity index is 1.78. The lowest BCUT2D eigenvalue weighted by Crippen LogP contribution is -2.59. The minimum Gasteiger partial charge on any atom is -0.496 e. The van der Waals surface area contributed by atoms with Crippen molar-refractivity contribution < 1.29 is 18.7 Å². The van der Waals surface area contributed by atoms with Crippen LogP contribution in [-0.2, 0) is 15.0 Å². The van der Waals surface area contributed by atoms with Gasteiger partial charge in [-0.3, -0.25) is 9.59 Å². The Bertz CT molecular complexity index is 1230. The van der Waals surface area contributed by atoms with Crippen LogP contribution < -0.4 is 15.4 Å². The summed E-state index contributed by atoms with van der Waals surface area (Å²) in [5.41, 5.74) is 0.459. The molecular formula is C25H21Cl2FN2O3. The number of hydrogen-bond donors (Lipinski definition) is 2. The molecule has 2 amide bonds. The third-order valence-corrected chi connectivity index (χ3v) is 7.40. The Hall–Kier alpha value is -2.83. The van der Waals surface area contributed by atoms with E-state index in [1.807, 2.05) is 24.3 Å². The van der Waals surface area contributed by atoms with E-state index in [0.29, 0.717) is 39.0 Å². The predicted octanol–water partition coefficient (Wildman–Crippen LogP) is 5.25. The van der Waals surface area contributed by atoms with Gasteiger partial charge in [-0.05, 0) is 60.2 Å². The van der Waals surface area contributed by atoms with Crippen molar-refractivity contribution in [1.82, 2.24) is 5.32 Å². The fourth-order valence-electron chi connectivity index (χ4n) is 5.58. The number of ether oxygens (including phenoxy) is 1. The number of nitrogens with one attached hydrogen (secondary N) is 2. The maximum absolute atomic E-state index is 14.4. The molecule has 3 aliphatic rings. The number of anilines is 1. The highest BCUT2D eigenvalue weighted by molar-refractivity contribution is 6.31. The van der Waals surface area contributed by atoms with E-state index in [-0.39, 0.29) is 24.2 Å². The molecule has 1 aliphatic carbocycles. The predicted molar refractivity (Wildman–Crippen MR) is 125 cm³/mol. The third kappa shape index (κ3) is 3.44. The molecule has 0 bridgehead atoms. The highest BCUT2D eigenvalue weighted by atomic mass is 35.5. The SMILES string of the molecule is COc1ccc(F)cc1[C@@H]1NC(=O)C[C@@H](C2C=CC=C(Cl)C2)[C@]12C(=O)Nc1cc(Cl)ccc12. The van der Waals surface area contributed by atoms with Gasteiger partial charge in [-0.25, -0.2) is 4.39 Å². The van der Waals surface area contributed by atoms with E-state index in [1.54, 1.807) is 12.1 Å². The number of methoxy groups -OCH3 is 1. The van der Waals surface area contributed by atoms with Crippen molar-refractivity contribution in [2.75, 3.05) is 12.4 Å². The fraction of sp³-hybridized carbons (Fsp3) is 0.280. The van der Waals surface area contributed by atoms with Crippen LogP contribution in [0.25, 0.3) is 0 Å². The summed E-state index contributed by atoms with van der Waals surface area (Å²) in [4.78, 5) is 26.9. The number of allylic oxidation sites excluding steroid dienone is 4. The van der Waals surface area contributed by atoms with E-state index in [9.17, 15) is 14.0 Å². The van der Waals surface area contributed by atoms with Crippen LogP contribution >= 0.6 is 23.2 Å². The highest BCUT2D eigenvalue weighted by Crippen LogP contribution is 2.58. The number of benzene rings is 2. The molecule has 5 nitrogen and oxygen atoms in total. The van der Waals surface area contributed by atoms with Gasteiger partial charge in [0.05, 0.1) is 13.2 Å². The molecule has 0 saturated carbocycles. The van der Waals surface area contributed by atoms with E-state index in [1.165, 1.54) is 25.3 Å². The van der Waals surface area contributed by atoms with Gasteiger partial charge in [0.2, 0.25) is 11.8 Å². The normalized spacial score (nSPS) is 28.2. The lowest BCUT2D eigenvalue weighted by molar-refractivity contribution is -0.135. The zero-order chi connectivity index (χ0) is 23.3. The molecule has 2 aromatic rings. The number of halogens is 3. The highest BCUT2D eigenvalue weighted by Gasteiger charge is 2.62. The van der Waals surface area contributed by atoms with Crippen molar-refractivity contribution in [3.63, 3.8) is 0 Å². The first-order valence-corrected chi connectivity index (χ1v) is 11.4. The summed E-state index contributed by atoms with van der Waals surface area (Å²) in [6, 6.07) is 8.47. The number of carbonyl (C=O) groups is 2. The molecule has 2 aromatic carbocycles. The van der Waals surface area contributed by atoms with Crippen molar-refractivity contribution in [1.29, 1.82) is 0 Å². The van der Waals surface area contributed by atoms with Crippen LogP contribution in [-0.4, -0.2) is 18.9 Å². The molecule has 2 heterocycles. The fourth-order valence-corrected chi connectivity index (χ4v) is 6.00. The maximum Gasteiger partial charge on any atom is 0.237 e. The van der Waals surface area contributed by atoms with Gasteiger partial charge in [-0.1, -0.05) is 41.4 Å².